The highest BCUT2D eigenvalue weighted by Crippen LogP contribution is 2.11. The number of nitrogens with one attached hydrogen (secondary N) is 3. The summed E-state index contributed by atoms with van der Waals surface area (Å²) < 4.78 is 10.0. The second kappa shape index (κ2) is 13.4. The zero-order chi connectivity index (χ0) is 24.4. The summed E-state index contributed by atoms with van der Waals surface area (Å²) in [5.41, 5.74) is -0.706. The predicted octanol–water partition coefficient (Wildman–Crippen LogP) is 2.09. The van der Waals surface area contributed by atoms with Crippen LogP contribution >= 0.6 is 11.8 Å². The minimum absolute atomic E-state index is 0.243. The monoisotopic (exact) mass is 461 g/mol. The molecule has 0 aromatic heterocycles. The third-order valence-electron chi connectivity index (χ3n) is 4.28. The number of methoxy groups -OCH3 is 1. The first-order chi connectivity index (χ1) is 14.2. The molecule has 0 fully saturated rings. The molecule has 0 heterocycles. The largest absolute Gasteiger partial charge is 0.467 e. The minimum atomic E-state index is -0.893. The van der Waals surface area contributed by atoms with Gasteiger partial charge < -0.3 is 25.4 Å². The van der Waals surface area contributed by atoms with Crippen LogP contribution in [0, 0.1) is 11.8 Å². The first-order valence-electron chi connectivity index (χ1n) is 10.4. The smallest absolute Gasteiger partial charge is 0.408 e. The summed E-state index contributed by atoms with van der Waals surface area (Å²) in [5.74, 6) is -1.37. The molecule has 0 aromatic rings. The molecule has 0 radical (unpaired) electrons. The topological polar surface area (TPSA) is 123 Å². The molecule has 0 bridgehead atoms. The Morgan fingerprint density at radius 1 is 0.871 bits per heavy atom. The summed E-state index contributed by atoms with van der Waals surface area (Å²) in [4.78, 5) is 49.9. The summed E-state index contributed by atoms with van der Waals surface area (Å²) in [5, 5.41) is 7.95. The Bertz CT molecular complexity index is 619. The molecule has 0 aliphatic heterocycles. The SMILES string of the molecule is COC(=O)[C@@H](CCSC)NC(=O)[C@@H](NC(=O)[C@@H](NC(=O)OC(C)(C)C)C(C)C)C(C)C. The van der Waals surface area contributed by atoms with Gasteiger partial charge in [0.1, 0.15) is 23.7 Å². The van der Waals surface area contributed by atoms with E-state index in [0.29, 0.717) is 12.2 Å². The molecule has 3 N–H and O–H groups in total. The number of hydrogen-bond acceptors (Lipinski definition) is 7. The van der Waals surface area contributed by atoms with Crippen LogP contribution in [0.2, 0.25) is 0 Å². The van der Waals surface area contributed by atoms with Crippen molar-refractivity contribution in [3.05, 3.63) is 0 Å². The lowest BCUT2D eigenvalue weighted by Crippen LogP contribution is -2.58. The van der Waals surface area contributed by atoms with Crippen LogP contribution in [0.4, 0.5) is 4.79 Å². The van der Waals surface area contributed by atoms with Gasteiger partial charge >= 0.3 is 12.1 Å². The lowest BCUT2D eigenvalue weighted by atomic mass is 9.99. The van der Waals surface area contributed by atoms with Crippen molar-refractivity contribution in [1.29, 1.82) is 0 Å². The van der Waals surface area contributed by atoms with Crippen LogP contribution in [-0.2, 0) is 23.9 Å². The zero-order valence-corrected chi connectivity index (χ0v) is 21.0. The van der Waals surface area contributed by atoms with Crippen molar-refractivity contribution in [2.75, 3.05) is 19.1 Å². The van der Waals surface area contributed by atoms with Gasteiger partial charge in [-0.3, -0.25) is 9.59 Å². The summed E-state index contributed by atoms with van der Waals surface area (Å²) in [6.45, 7) is 12.3. The van der Waals surface area contributed by atoms with Gasteiger partial charge in [-0.15, -0.1) is 0 Å². The van der Waals surface area contributed by atoms with Crippen LogP contribution < -0.4 is 16.0 Å². The second-order valence-electron chi connectivity index (χ2n) is 8.96. The fourth-order valence-electron chi connectivity index (χ4n) is 2.64. The van der Waals surface area contributed by atoms with E-state index in [1.165, 1.54) is 7.11 Å². The Morgan fingerprint density at radius 2 is 1.35 bits per heavy atom. The van der Waals surface area contributed by atoms with Gasteiger partial charge in [-0.1, -0.05) is 27.7 Å². The molecule has 0 saturated carbocycles. The number of amides is 3. The Labute approximate surface area is 190 Å². The second-order valence-corrected chi connectivity index (χ2v) is 9.95. The van der Waals surface area contributed by atoms with Gasteiger partial charge in [0.2, 0.25) is 11.8 Å². The van der Waals surface area contributed by atoms with Gasteiger partial charge in [0, 0.05) is 0 Å². The molecule has 0 unspecified atom stereocenters. The molecule has 0 rings (SSSR count). The molecule has 9 nitrogen and oxygen atoms in total. The molecule has 0 spiro atoms. The third-order valence-corrected chi connectivity index (χ3v) is 4.93. The minimum Gasteiger partial charge on any atom is -0.467 e. The van der Waals surface area contributed by atoms with E-state index in [2.05, 4.69) is 16.0 Å². The van der Waals surface area contributed by atoms with E-state index in [1.807, 2.05) is 6.26 Å². The van der Waals surface area contributed by atoms with E-state index in [0.717, 1.165) is 0 Å². The average Bonchev–Trinajstić information content (AvgIpc) is 2.64. The molecular formula is C21H39N3O6S. The van der Waals surface area contributed by atoms with Crippen molar-refractivity contribution in [2.24, 2.45) is 11.8 Å². The average molecular weight is 462 g/mol. The van der Waals surface area contributed by atoms with Crippen LogP contribution in [0.5, 0.6) is 0 Å². The number of carbonyl (C=O) groups is 4. The Morgan fingerprint density at radius 3 is 1.77 bits per heavy atom. The highest BCUT2D eigenvalue weighted by Gasteiger charge is 2.33. The number of thioether (sulfide) groups is 1. The van der Waals surface area contributed by atoms with Crippen molar-refractivity contribution < 1.29 is 28.7 Å². The van der Waals surface area contributed by atoms with Crippen LogP contribution in [-0.4, -0.2) is 66.7 Å². The normalized spacial score (nSPS) is 14.4. The number of esters is 1. The van der Waals surface area contributed by atoms with E-state index in [1.54, 1.807) is 60.2 Å². The number of carbonyl (C=O) groups excluding carboxylic acids is 4. The summed E-state index contributed by atoms with van der Waals surface area (Å²) in [6, 6.07) is -2.59. The third kappa shape index (κ3) is 11.3. The maximum atomic E-state index is 12.9. The molecule has 180 valence electrons. The van der Waals surface area contributed by atoms with Crippen molar-refractivity contribution in [3.63, 3.8) is 0 Å². The number of rotatable bonds is 11. The fraction of sp³-hybridized carbons (Fsp3) is 0.810. The summed E-state index contributed by atoms with van der Waals surface area (Å²) in [7, 11) is 1.26. The van der Waals surface area contributed by atoms with Crippen molar-refractivity contribution in [1.82, 2.24) is 16.0 Å². The van der Waals surface area contributed by atoms with Crippen LogP contribution in [0.25, 0.3) is 0 Å². The molecular weight excluding hydrogens is 422 g/mol. The Balaban J connectivity index is 5.34. The van der Waals surface area contributed by atoms with Gasteiger partial charge in [0.05, 0.1) is 7.11 Å². The maximum absolute atomic E-state index is 12.9. The van der Waals surface area contributed by atoms with Crippen LogP contribution in [0.1, 0.15) is 54.9 Å². The van der Waals surface area contributed by atoms with E-state index >= 15 is 0 Å². The van der Waals surface area contributed by atoms with Gasteiger partial charge in [0.25, 0.3) is 0 Å². The van der Waals surface area contributed by atoms with Gasteiger partial charge in [-0.25, -0.2) is 9.59 Å². The zero-order valence-electron chi connectivity index (χ0n) is 20.2. The Kier molecular flexibility index (Phi) is 12.6. The lowest BCUT2D eigenvalue weighted by molar-refractivity contribution is -0.145. The van der Waals surface area contributed by atoms with Gasteiger partial charge in [-0.05, 0) is 51.0 Å². The van der Waals surface area contributed by atoms with Crippen molar-refractivity contribution >= 4 is 35.6 Å². The molecule has 31 heavy (non-hydrogen) atoms. The molecule has 0 aromatic carbocycles. The standard InChI is InChI=1S/C21H39N3O6S/c1-12(2)15(17(25)22-14(10-11-31-9)19(27)29-8)23-18(26)16(13(3)4)24-20(28)30-21(5,6)7/h12-16H,10-11H2,1-9H3,(H,22,25)(H,23,26)(H,24,28)/t14-,15+,16+/m1/s1. The van der Waals surface area contributed by atoms with E-state index < -0.39 is 47.6 Å². The van der Waals surface area contributed by atoms with E-state index in [-0.39, 0.29) is 11.8 Å². The van der Waals surface area contributed by atoms with Crippen LogP contribution in [0.3, 0.4) is 0 Å². The van der Waals surface area contributed by atoms with Gasteiger partial charge in [0.15, 0.2) is 0 Å². The highest BCUT2D eigenvalue weighted by molar-refractivity contribution is 7.98. The Hall–Kier alpha value is -1.97. The number of alkyl carbamates (subject to hydrolysis) is 1. The fourth-order valence-corrected chi connectivity index (χ4v) is 3.11. The lowest BCUT2D eigenvalue weighted by Gasteiger charge is -2.29. The first kappa shape index (κ1) is 29.0. The maximum Gasteiger partial charge on any atom is 0.408 e. The van der Waals surface area contributed by atoms with E-state index in [9.17, 15) is 19.2 Å². The first-order valence-corrected chi connectivity index (χ1v) is 11.8. The molecule has 10 heteroatoms. The van der Waals surface area contributed by atoms with Crippen molar-refractivity contribution in [3.8, 4) is 0 Å². The summed E-state index contributed by atoms with van der Waals surface area (Å²) in [6.07, 6.45) is 1.60. The highest BCUT2D eigenvalue weighted by atomic mass is 32.2. The number of ether oxygens (including phenoxy) is 2. The molecule has 0 aliphatic carbocycles. The molecule has 0 saturated heterocycles. The molecule has 3 atom stereocenters. The predicted molar refractivity (Wildman–Crippen MR) is 122 cm³/mol. The van der Waals surface area contributed by atoms with Gasteiger partial charge in [-0.2, -0.15) is 11.8 Å². The summed E-state index contributed by atoms with van der Waals surface area (Å²) >= 11 is 1.55. The molecule has 3 amide bonds. The van der Waals surface area contributed by atoms with Crippen molar-refractivity contribution in [2.45, 2.75) is 78.6 Å². The van der Waals surface area contributed by atoms with E-state index in [4.69, 9.17) is 9.47 Å². The molecule has 0 aliphatic rings. The quantitative estimate of drug-likeness (QED) is 0.403. The number of hydrogen-bond donors (Lipinski definition) is 3. The van der Waals surface area contributed by atoms with Crippen LogP contribution in [0.15, 0.2) is 0 Å².